The van der Waals surface area contributed by atoms with Crippen LogP contribution >= 0.6 is 0 Å². The van der Waals surface area contributed by atoms with Crippen molar-refractivity contribution in [2.45, 2.75) is 53.6 Å². The van der Waals surface area contributed by atoms with E-state index < -0.39 is 0 Å². The Hall–Kier alpha value is -1.52. The molecule has 0 aliphatic carbocycles. The van der Waals surface area contributed by atoms with E-state index in [1.165, 1.54) is 0 Å². The lowest BCUT2D eigenvalue weighted by molar-refractivity contribution is -0.122. The van der Waals surface area contributed by atoms with Crippen LogP contribution in [0.5, 0.6) is 0 Å². The summed E-state index contributed by atoms with van der Waals surface area (Å²) in [5.41, 5.74) is 8.13. The maximum Gasteiger partial charge on any atom is 0.241 e. The highest BCUT2D eigenvalue weighted by Crippen LogP contribution is 2.14. The molecule has 5 heteroatoms. The van der Waals surface area contributed by atoms with Crippen molar-refractivity contribution in [3.63, 3.8) is 0 Å². The van der Waals surface area contributed by atoms with E-state index in [-0.39, 0.29) is 18.5 Å². The summed E-state index contributed by atoms with van der Waals surface area (Å²) in [5, 5.41) is 7.29. The first-order valence-electron chi connectivity index (χ1n) is 6.45. The predicted octanol–water partition coefficient (Wildman–Crippen LogP) is 1.63. The number of rotatable bonds is 5. The summed E-state index contributed by atoms with van der Waals surface area (Å²) in [7, 11) is 0. The molecular formula is C13H24N4O. The quantitative estimate of drug-likeness (QED) is 0.836. The van der Waals surface area contributed by atoms with Gasteiger partial charge in [0.05, 0.1) is 17.1 Å². The molecule has 0 radical (unpaired) electrons. The van der Waals surface area contributed by atoms with Crippen LogP contribution in [0.2, 0.25) is 0 Å². The second-order valence-corrected chi connectivity index (χ2v) is 5.07. The molecule has 1 amide bonds. The number of carbonyl (C=O) groups is 1. The van der Waals surface area contributed by atoms with Gasteiger partial charge in [-0.15, -0.1) is 0 Å². The zero-order valence-corrected chi connectivity index (χ0v) is 11.9. The summed E-state index contributed by atoms with van der Waals surface area (Å²) in [6, 6.07) is 0.215. The van der Waals surface area contributed by atoms with Crippen LogP contribution in [0.1, 0.15) is 38.6 Å². The number of nitrogens with one attached hydrogen (secondary N) is 1. The zero-order chi connectivity index (χ0) is 13.9. The Morgan fingerprint density at radius 3 is 2.44 bits per heavy atom. The van der Waals surface area contributed by atoms with Crippen LogP contribution in [-0.2, 0) is 11.3 Å². The molecule has 0 aromatic carbocycles. The largest absolute Gasteiger partial charge is 0.396 e. The van der Waals surface area contributed by atoms with E-state index in [1.54, 1.807) is 4.68 Å². The van der Waals surface area contributed by atoms with Crippen molar-refractivity contribution in [3.8, 4) is 0 Å². The van der Waals surface area contributed by atoms with E-state index in [9.17, 15) is 4.79 Å². The number of aromatic nitrogens is 2. The molecule has 0 spiro atoms. The third-order valence-electron chi connectivity index (χ3n) is 3.32. The summed E-state index contributed by atoms with van der Waals surface area (Å²) >= 11 is 0. The number of nitrogen functional groups attached to an aromatic ring is 1. The fraction of sp³-hybridized carbons (Fsp3) is 0.692. The van der Waals surface area contributed by atoms with Gasteiger partial charge < -0.3 is 11.1 Å². The van der Waals surface area contributed by atoms with Crippen LogP contribution in [0, 0.1) is 19.8 Å². The van der Waals surface area contributed by atoms with Crippen LogP contribution in [0.3, 0.4) is 0 Å². The average Bonchev–Trinajstić information content (AvgIpc) is 2.53. The molecular weight excluding hydrogens is 228 g/mol. The van der Waals surface area contributed by atoms with Crippen molar-refractivity contribution < 1.29 is 4.79 Å². The predicted molar refractivity (Wildman–Crippen MR) is 73.2 cm³/mol. The number of nitrogens with zero attached hydrogens (tertiary/aromatic N) is 2. The maximum absolute atomic E-state index is 11.9. The molecule has 0 fully saturated rings. The van der Waals surface area contributed by atoms with Gasteiger partial charge in [-0.3, -0.25) is 9.48 Å². The highest BCUT2D eigenvalue weighted by atomic mass is 16.2. The smallest absolute Gasteiger partial charge is 0.241 e. The second-order valence-electron chi connectivity index (χ2n) is 5.07. The van der Waals surface area contributed by atoms with E-state index in [4.69, 9.17) is 5.73 Å². The van der Waals surface area contributed by atoms with Gasteiger partial charge in [0.1, 0.15) is 6.54 Å². The maximum atomic E-state index is 11.9. The minimum absolute atomic E-state index is 0.0128. The van der Waals surface area contributed by atoms with Gasteiger partial charge in [0.15, 0.2) is 0 Å². The number of carbonyl (C=O) groups excluding carboxylic acids is 1. The molecule has 3 N–H and O–H groups in total. The minimum atomic E-state index is -0.0128. The standard InChI is InChI=1S/C13H24N4O/c1-6-11(8(2)3)15-12(18)7-17-10(5)13(14)9(4)16-17/h8,11H,6-7,14H2,1-5H3,(H,15,18). The third kappa shape index (κ3) is 3.24. The number of nitrogens with two attached hydrogens (primary N) is 1. The number of hydrogen-bond donors (Lipinski definition) is 2. The van der Waals surface area contributed by atoms with Crippen LogP contribution in [0.15, 0.2) is 0 Å². The Balaban J connectivity index is 2.67. The van der Waals surface area contributed by atoms with Crippen molar-refractivity contribution >= 4 is 11.6 Å². The van der Waals surface area contributed by atoms with Crippen molar-refractivity contribution in [2.24, 2.45) is 5.92 Å². The molecule has 1 unspecified atom stereocenters. The molecule has 1 rings (SSSR count). The van der Waals surface area contributed by atoms with E-state index in [2.05, 4.69) is 31.2 Å². The normalized spacial score (nSPS) is 12.8. The molecule has 1 aromatic rings. The molecule has 18 heavy (non-hydrogen) atoms. The lowest BCUT2D eigenvalue weighted by atomic mass is 10.0. The highest BCUT2D eigenvalue weighted by molar-refractivity contribution is 5.76. The first kappa shape index (κ1) is 14.5. The number of amides is 1. The van der Waals surface area contributed by atoms with Gasteiger partial charge in [-0.1, -0.05) is 20.8 Å². The van der Waals surface area contributed by atoms with E-state index in [0.29, 0.717) is 11.6 Å². The molecule has 1 heterocycles. The van der Waals surface area contributed by atoms with E-state index >= 15 is 0 Å². The molecule has 0 saturated heterocycles. The molecule has 1 aromatic heterocycles. The molecule has 0 aliphatic heterocycles. The number of anilines is 1. The summed E-state index contributed by atoms with van der Waals surface area (Å²) in [4.78, 5) is 11.9. The fourth-order valence-corrected chi connectivity index (χ4v) is 1.99. The molecule has 102 valence electrons. The van der Waals surface area contributed by atoms with E-state index in [1.807, 2.05) is 13.8 Å². The first-order valence-corrected chi connectivity index (χ1v) is 6.45. The molecule has 0 saturated carbocycles. The van der Waals surface area contributed by atoms with Gasteiger partial charge in [-0.2, -0.15) is 5.10 Å². The Labute approximate surface area is 109 Å². The fourth-order valence-electron chi connectivity index (χ4n) is 1.99. The summed E-state index contributed by atoms with van der Waals surface area (Å²) in [5.74, 6) is 0.422. The Bertz CT molecular complexity index is 423. The monoisotopic (exact) mass is 252 g/mol. The summed E-state index contributed by atoms with van der Waals surface area (Å²) in [6.07, 6.45) is 0.933. The van der Waals surface area contributed by atoms with Gasteiger partial charge in [0.25, 0.3) is 0 Å². The van der Waals surface area contributed by atoms with Gasteiger partial charge in [0.2, 0.25) is 5.91 Å². The second kappa shape index (κ2) is 5.89. The molecule has 0 bridgehead atoms. The average molecular weight is 252 g/mol. The lowest BCUT2D eigenvalue weighted by Crippen LogP contribution is -2.40. The Morgan fingerprint density at radius 1 is 1.44 bits per heavy atom. The Kier molecular flexibility index (Phi) is 4.76. The van der Waals surface area contributed by atoms with Gasteiger partial charge in [-0.25, -0.2) is 0 Å². The topological polar surface area (TPSA) is 72.9 Å². The Morgan fingerprint density at radius 2 is 2.06 bits per heavy atom. The van der Waals surface area contributed by atoms with Gasteiger partial charge in [-0.05, 0) is 26.2 Å². The van der Waals surface area contributed by atoms with Crippen molar-refractivity contribution in [1.82, 2.24) is 15.1 Å². The van der Waals surface area contributed by atoms with Crippen LogP contribution in [-0.4, -0.2) is 21.7 Å². The minimum Gasteiger partial charge on any atom is -0.396 e. The van der Waals surface area contributed by atoms with Crippen LogP contribution in [0.4, 0.5) is 5.69 Å². The van der Waals surface area contributed by atoms with Gasteiger partial charge >= 0.3 is 0 Å². The number of hydrogen-bond acceptors (Lipinski definition) is 3. The lowest BCUT2D eigenvalue weighted by Gasteiger charge is -2.20. The highest BCUT2D eigenvalue weighted by Gasteiger charge is 2.16. The van der Waals surface area contributed by atoms with Crippen LogP contribution in [0.25, 0.3) is 0 Å². The summed E-state index contributed by atoms with van der Waals surface area (Å²) < 4.78 is 1.66. The molecule has 0 aliphatic rings. The van der Waals surface area contributed by atoms with Crippen molar-refractivity contribution in [1.29, 1.82) is 0 Å². The SMILES string of the molecule is CCC(NC(=O)Cn1nc(C)c(N)c1C)C(C)C. The first-order chi connectivity index (χ1) is 8.36. The number of aryl methyl sites for hydroxylation is 1. The van der Waals surface area contributed by atoms with Crippen molar-refractivity contribution in [3.05, 3.63) is 11.4 Å². The van der Waals surface area contributed by atoms with Gasteiger partial charge in [0, 0.05) is 6.04 Å². The zero-order valence-electron chi connectivity index (χ0n) is 11.9. The van der Waals surface area contributed by atoms with Crippen LogP contribution < -0.4 is 11.1 Å². The summed E-state index contributed by atoms with van der Waals surface area (Å²) in [6.45, 7) is 10.2. The molecule has 1 atom stereocenters. The van der Waals surface area contributed by atoms with Crippen molar-refractivity contribution in [2.75, 3.05) is 5.73 Å². The third-order valence-corrected chi connectivity index (χ3v) is 3.32. The van der Waals surface area contributed by atoms with E-state index in [0.717, 1.165) is 17.8 Å². The molecule has 5 nitrogen and oxygen atoms in total.